The fraction of sp³-hybridized carbons (Fsp3) is 0.286. The molecule has 0 saturated carbocycles. The third-order valence-corrected chi connectivity index (χ3v) is 3.35. The lowest BCUT2D eigenvalue weighted by Crippen LogP contribution is -2.17. The van der Waals surface area contributed by atoms with Crippen molar-refractivity contribution >= 4 is 11.7 Å². The molecule has 3 rings (SSSR count). The van der Waals surface area contributed by atoms with Gasteiger partial charge in [0.05, 0.1) is 5.71 Å². The SMILES string of the molecule is Cc1nnc(NN=C2CCCc3ccccc32)[nH]c1=O. The Morgan fingerprint density at radius 1 is 1.25 bits per heavy atom. The second-order valence-electron chi connectivity index (χ2n) is 4.77. The Kier molecular flexibility index (Phi) is 3.28. The number of hydrazone groups is 1. The Morgan fingerprint density at radius 3 is 2.95 bits per heavy atom. The van der Waals surface area contributed by atoms with Gasteiger partial charge in [0.25, 0.3) is 5.56 Å². The zero-order chi connectivity index (χ0) is 13.9. The van der Waals surface area contributed by atoms with E-state index >= 15 is 0 Å². The largest absolute Gasteiger partial charge is 0.288 e. The second-order valence-corrected chi connectivity index (χ2v) is 4.77. The number of nitrogens with one attached hydrogen (secondary N) is 2. The Morgan fingerprint density at radius 2 is 2.10 bits per heavy atom. The van der Waals surface area contributed by atoms with E-state index < -0.39 is 0 Å². The van der Waals surface area contributed by atoms with Gasteiger partial charge >= 0.3 is 0 Å². The molecule has 0 aliphatic heterocycles. The molecule has 0 radical (unpaired) electrons. The van der Waals surface area contributed by atoms with Gasteiger partial charge in [0, 0.05) is 5.56 Å². The first-order chi connectivity index (χ1) is 9.74. The third kappa shape index (κ3) is 2.45. The van der Waals surface area contributed by atoms with Gasteiger partial charge in [-0.15, -0.1) is 10.2 Å². The Labute approximate surface area is 116 Å². The molecule has 0 fully saturated rings. The normalized spacial score (nSPS) is 15.9. The summed E-state index contributed by atoms with van der Waals surface area (Å²) in [4.78, 5) is 14.0. The Balaban J connectivity index is 1.87. The quantitative estimate of drug-likeness (QED) is 0.812. The molecule has 0 spiro atoms. The van der Waals surface area contributed by atoms with Gasteiger partial charge in [0.2, 0.25) is 5.95 Å². The molecular weight excluding hydrogens is 254 g/mol. The summed E-state index contributed by atoms with van der Waals surface area (Å²) in [6, 6.07) is 8.24. The summed E-state index contributed by atoms with van der Waals surface area (Å²) in [7, 11) is 0. The minimum atomic E-state index is -0.258. The first kappa shape index (κ1) is 12.5. The van der Waals surface area contributed by atoms with Crippen LogP contribution in [0.4, 0.5) is 5.95 Å². The van der Waals surface area contributed by atoms with Gasteiger partial charge in [-0.05, 0) is 31.7 Å². The van der Waals surface area contributed by atoms with Crippen molar-refractivity contribution in [1.82, 2.24) is 15.2 Å². The molecule has 1 heterocycles. The lowest BCUT2D eigenvalue weighted by Gasteiger charge is -2.17. The van der Waals surface area contributed by atoms with Crippen LogP contribution in [0.2, 0.25) is 0 Å². The van der Waals surface area contributed by atoms with Crippen molar-refractivity contribution in [2.75, 3.05) is 5.43 Å². The molecular formula is C14H15N5O. The van der Waals surface area contributed by atoms with Crippen molar-refractivity contribution in [3.05, 3.63) is 51.4 Å². The van der Waals surface area contributed by atoms with Crippen LogP contribution in [0.3, 0.4) is 0 Å². The highest BCUT2D eigenvalue weighted by Crippen LogP contribution is 2.21. The molecule has 1 aliphatic rings. The smallest absolute Gasteiger partial charge is 0.274 e. The minimum absolute atomic E-state index is 0.258. The van der Waals surface area contributed by atoms with Gasteiger partial charge in [0.1, 0.15) is 5.69 Å². The number of fused-ring (bicyclic) bond motifs is 1. The second kappa shape index (κ2) is 5.24. The first-order valence-corrected chi connectivity index (χ1v) is 6.58. The maximum Gasteiger partial charge on any atom is 0.274 e. The highest BCUT2D eigenvalue weighted by atomic mass is 16.1. The molecule has 6 heteroatoms. The van der Waals surface area contributed by atoms with Crippen LogP contribution >= 0.6 is 0 Å². The van der Waals surface area contributed by atoms with E-state index in [0.29, 0.717) is 5.69 Å². The highest BCUT2D eigenvalue weighted by molar-refractivity contribution is 6.02. The molecule has 20 heavy (non-hydrogen) atoms. The minimum Gasteiger partial charge on any atom is -0.288 e. The zero-order valence-electron chi connectivity index (χ0n) is 11.2. The van der Waals surface area contributed by atoms with Gasteiger partial charge in [-0.3, -0.25) is 9.78 Å². The number of hydrogen-bond donors (Lipinski definition) is 2. The monoisotopic (exact) mass is 269 g/mol. The van der Waals surface area contributed by atoms with E-state index in [1.165, 1.54) is 5.56 Å². The number of nitrogens with zero attached hydrogens (tertiary/aromatic N) is 3. The van der Waals surface area contributed by atoms with Crippen molar-refractivity contribution in [2.24, 2.45) is 5.10 Å². The van der Waals surface area contributed by atoms with E-state index in [1.807, 2.05) is 12.1 Å². The molecule has 0 amide bonds. The van der Waals surface area contributed by atoms with Gasteiger partial charge in [-0.25, -0.2) is 5.43 Å². The fourth-order valence-corrected chi connectivity index (χ4v) is 2.28. The van der Waals surface area contributed by atoms with E-state index in [1.54, 1.807) is 6.92 Å². The van der Waals surface area contributed by atoms with Crippen LogP contribution in [-0.2, 0) is 6.42 Å². The van der Waals surface area contributed by atoms with Gasteiger partial charge < -0.3 is 0 Å². The summed E-state index contributed by atoms with van der Waals surface area (Å²) >= 11 is 0. The summed E-state index contributed by atoms with van der Waals surface area (Å²) in [5.74, 6) is 0.260. The van der Waals surface area contributed by atoms with Gasteiger partial charge in [-0.2, -0.15) is 5.10 Å². The molecule has 1 aromatic heterocycles. The predicted octanol–water partition coefficient (Wildman–Crippen LogP) is 1.63. The number of anilines is 1. The molecule has 1 aromatic carbocycles. The Hall–Kier alpha value is -2.50. The topological polar surface area (TPSA) is 83.0 Å². The molecule has 0 saturated heterocycles. The van der Waals surface area contributed by atoms with Crippen LogP contribution < -0.4 is 11.0 Å². The molecule has 0 unspecified atom stereocenters. The number of benzene rings is 1. The maximum absolute atomic E-state index is 11.4. The van der Waals surface area contributed by atoms with Crippen LogP contribution in [0.15, 0.2) is 34.2 Å². The van der Waals surface area contributed by atoms with Crippen LogP contribution in [0.5, 0.6) is 0 Å². The Bertz CT molecular complexity index is 719. The van der Waals surface area contributed by atoms with Crippen molar-refractivity contribution < 1.29 is 0 Å². The number of rotatable bonds is 2. The van der Waals surface area contributed by atoms with E-state index in [9.17, 15) is 4.79 Å². The number of hydrogen-bond acceptors (Lipinski definition) is 5. The average Bonchev–Trinajstić information content (AvgIpc) is 2.48. The molecule has 2 aromatic rings. The summed E-state index contributed by atoms with van der Waals surface area (Å²) < 4.78 is 0. The van der Waals surface area contributed by atoms with E-state index in [2.05, 4.69) is 37.8 Å². The number of aromatic amines is 1. The molecule has 0 bridgehead atoms. The summed E-state index contributed by atoms with van der Waals surface area (Å²) in [5, 5.41) is 12.0. The van der Waals surface area contributed by atoms with Crippen molar-refractivity contribution in [3.63, 3.8) is 0 Å². The molecule has 6 nitrogen and oxygen atoms in total. The maximum atomic E-state index is 11.4. The summed E-state index contributed by atoms with van der Waals surface area (Å²) in [5.41, 5.74) is 6.31. The average molecular weight is 269 g/mol. The van der Waals surface area contributed by atoms with Gasteiger partial charge in [0.15, 0.2) is 0 Å². The number of H-pyrrole nitrogens is 1. The van der Waals surface area contributed by atoms with Gasteiger partial charge in [-0.1, -0.05) is 24.3 Å². The van der Waals surface area contributed by atoms with Crippen LogP contribution in [-0.4, -0.2) is 20.9 Å². The lowest BCUT2D eigenvalue weighted by atomic mass is 9.90. The highest BCUT2D eigenvalue weighted by Gasteiger charge is 2.14. The molecule has 0 atom stereocenters. The summed E-state index contributed by atoms with van der Waals surface area (Å²) in [6.07, 6.45) is 3.07. The zero-order valence-corrected chi connectivity index (χ0v) is 11.2. The van der Waals surface area contributed by atoms with E-state index in [4.69, 9.17) is 0 Å². The van der Waals surface area contributed by atoms with Crippen molar-refractivity contribution in [1.29, 1.82) is 0 Å². The van der Waals surface area contributed by atoms with E-state index in [0.717, 1.165) is 30.5 Å². The van der Waals surface area contributed by atoms with Crippen molar-refractivity contribution in [3.8, 4) is 0 Å². The van der Waals surface area contributed by atoms with Crippen LogP contribution in [0, 0.1) is 6.92 Å². The molecule has 2 N–H and O–H groups in total. The number of aromatic nitrogens is 3. The van der Waals surface area contributed by atoms with E-state index in [-0.39, 0.29) is 11.5 Å². The van der Waals surface area contributed by atoms with Crippen molar-refractivity contribution in [2.45, 2.75) is 26.2 Å². The summed E-state index contributed by atoms with van der Waals surface area (Å²) in [6.45, 7) is 1.61. The first-order valence-electron chi connectivity index (χ1n) is 6.58. The lowest BCUT2D eigenvalue weighted by molar-refractivity contribution is 0.834. The molecule has 102 valence electrons. The van der Waals surface area contributed by atoms with Crippen LogP contribution in [0.25, 0.3) is 0 Å². The van der Waals surface area contributed by atoms with Crippen LogP contribution in [0.1, 0.15) is 29.7 Å². The predicted molar refractivity (Wildman–Crippen MR) is 76.9 cm³/mol. The molecule has 1 aliphatic carbocycles. The standard InChI is InChI=1S/C14H15N5O/c1-9-13(20)15-14(18-16-9)19-17-12-8-4-6-10-5-2-3-7-11(10)12/h2-3,5,7H,4,6,8H2,1H3,(H2,15,18,19,20). The fourth-order valence-electron chi connectivity index (χ4n) is 2.28. The number of aryl methyl sites for hydroxylation is 2. The third-order valence-electron chi connectivity index (χ3n) is 3.35.